The zero-order valence-corrected chi connectivity index (χ0v) is 15.1. The third kappa shape index (κ3) is 2.96. The molecule has 0 aromatic carbocycles. The summed E-state index contributed by atoms with van der Waals surface area (Å²) in [5.74, 6) is 2.15. The van der Waals surface area contributed by atoms with Crippen molar-refractivity contribution in [3.63, 3.8) is 0 Å². The number of anilines is 2. The molecular formula is C19H19N8O+. The van der Waals surface area contributed by atoms with E-state index in [0.29, 0.717) is 11.8 Å². The minimum Gasteiger partial charge on any atom is -0.378 e. The smallest absolute Gasteiger partial charge is 0.287 e. The van der Waals surface area contributed by atoms with Crippen molar-refractivity contribution in [2.75, 3.05) is 36.5 Å². The van der Waals surface area contributed by atoms with Gasteiger partial charge in [-0.1, -0.05) is 4.59 Å². The number of ether oxygens (including phenoxy) is 1. The summed E-state index contributed by atoms with van der Waals surface area (Å²) in [5.41, 5.74) is 1.71. The lowest BCUT2D eigenvalue weighted by Crippen LogP contribution is -2.44. The van der Waals surface area contributed by atoms with Crippen molar-refractivity contribution in [2.24, 2.45) is 15.1 Å². The number of nitrogens with one attached hydrogen (secondary N) is 1. The molecule has 1 atom stereocenters. The maximum Gasteiger partial charge on any atom is 0.287 e. The largest absolute Gasteiger partial charge is 0.378 e. The lowest BCUT2D eigenvalue weighted by molar-refractivity contribution is 0.122. The normalized spacial score (nSPS) is 23.2. The van der Waals surface area contributed by atoms with E-state index in [9.17, 15) is 0 Å². The molecule has 1 unspecified atom stereocenters. The predicted octanol–water partition coefficient (Wildman–Crippen LogP) is 1.97. The fraction of sp³-hybridized carbons (Fsp3) is 0.211. The number of amidine groups is 1. The SMILES string of the molecule is C1=C[N+]2(c3cccnc3)N=C(Nc3ccc(N4CCOCC4)nc3)N=C2C=N1. The van der Waals surface area contributed by atoms with Crippen LogP contribution in [-0.2, 0) is 4.74 Å². The van der Waals surface area contributed by atoms with Gasteiger partial charge in [-0.15, -0.1) is 0 Å². The Morgan fingerprint density at radius 1 is 1.11 bits per heavy atom. The van der Waals surface area contributed by atoms with Gasteiger partial charge >= 0.3 is 0 Å². The number of aliphatic imine (C=N–C) groups is 2. The molecule has 0 amide bonds. The summed E-state index contributed by atoms with van der Waals surface area (Å²) in [6.07, 6.45) is 10.6. The van der Waals surface area contributed by atoms with Crippen molar-refractivity contribution in [2.45, 2.75) is 0 Å². The summed E-state index contributed by atoms with van der Waals surface area (Å²) in [4.78, 5) is 19.8. The maximum absolute atomic E-state index is 5.39. The van der Waals surface area contributed by atoms with Crippen LogP contribution < -0.4 is 14.8 Å². The Kier molecular flexibility index (Phi) is 4.15. The van der Waals surface area contributed by atoms with Gasteiger partial charge in [0.2, 0.25) is 0 Å². The van der Waals surface area contributed by atoms with Crippen LogP contribution >= 0.6 is 0 Å². The second kappa shape index (κ2) is 6.95. The molecule has 3 aliphatic rings. The minimum atomic E-state index is 0.110. The fourth-order valence-corrected chi connectivity index (χ4v) is 3.33. The van der Waals surface area contributed by atoms with E-state index in [2.05, 4.69) is 30.2 Å². The van der Waals surface area contributed by atoms with Crippen LogP contribution in [0, 0.1) is 0 Å². The van der Waals surface area contributed by atoms with Crippen molar-refractivity contribution in [3.05, 3.63) is 55.3 Å². The number of rotatable bonds is 3. The van der Waals surface area contributed by atoms with Gasteiger partial charge < -0.3 is 15.0 Å². The Balaban J connectivity index is 1.39. The second-order valence-corrected chi connectivity index (χ2v) is 6.50. The molecule has 0 bridgehead atoms. The van der Waals surface area contributed by atoms with Crippen LogP contribution in [0.25, 0.3) is 0 Å². The monoisotopic (exact) mass is 375 g/mol. The van der Waals surface area contributed by atoms with Crippen LogP contribution in [0.2, 0.25) is 0 Å². The first-order valence-electron chi connectivity index (χ1n) is 9.09. The highest BCUT2D eigenvalue weighted by Gasteiger charge is 2.42. The Morgan fingerprint density at radius 2 is 2.04 bits per heavy atom. The molecule has 9 nitrogen and oxygen atoms in total. The highest BCUT2D eigenvalue weighted by molar-refractivity contribution is 6.38. The van der Waals surface area contributed by atoms with Crippen LogP contribution in [0.4, 0.5) is 17.2 Å². The summed E-state index contributed by atoms with van der Waals surface area (Å²) in [6.45, 7) is 3.19. The number of hydrogen-bond donors (Lipinski definition) is 1. The molecule has 5 heterocycles. The van der Waals surface area contributed by atoms with E-state index in [1.807, 2.05) is 30.5 Å². The molecule has 140 valence electrons. The van der Waals surface area contributed by atoms with Crippen LogP contribution in [0.15, 0.2) is 70.3 Å². The Morgan fingerprint density at radius 3 is 2.82 bits per heavy atom. The van der Waals surface area contributed by atoms with Crippen LogP contribution in [-0.4, -0.2) is 54.3 Å². The average molecular weight is 375 g/mol. The van der Waals surface area contributed by atoms with Gasteiger partial charge in [0.25, 0.3) is 11.8 Å². The topological polar surface area (TPSA) is 87.4 Å². The zero-order valence-electron chi connectivity index (χ0n) is 15.1. The van der Waals surface area contributed by atoms with Crippen molar-refractivity contribution in [1.82, 2.24) is 14.6 Å². The van der Waals surface area contributed by atoms with Gasteiger partial charge in [-0.2, -0.15) is 4.99 Å². The van der Waals surface area contributed by atoms with E-state index in [0.717, 1.165) is 43.5 Å². The Bertz CT molecular complexity index is 977. The molecule has 1 N–H and O–H groups in total. The lowest BCUT2D eigenvalue weighted by atomic mass is 10.3. The van der Waals surface area contributed by atoms with Crippen LogP contribution in [0.5, 0.6) is 0 Å². The molecular weight excluding hydrogens is 356 g/mol. The van der Waals surface area contributed by atoms with Gasteiger partial charge in [0.05, 0.1) is 37.5 Å². The van der Waals surface area contributed by atoms with Crippen molar-refractivity contribution in [1.29, 1.82) is 0 Å². The number of pyridine rings is 2. The summed E-state index contributed by atoms with van der Waals surface area (Å²) in [7, 11) is 0. The van der Waals surface area contributed by atoms with Gasteiger partial charge in [-0.25, -0.2) is 4.98 Å². The summed E-state index contributed by atoms with van der Waals surface area (Å²) >= 11 is 0. The summed E-state index contributed by atoms with van der Waals surface area (Å²) in [6, 6.07) is 7.83. The third-order valence-electron chi connectivity index (χ3n) is 4.76. The molecule has 0 spiro atoms. The first-order chi connectivity index (χ1) is 13.8. The lowest BCUT2D eigenvalue weighted by Gasteiger charge is -2.27. The molecule has 1 fully saturated rings. The molecule has 2 aromatic rings. The van der Waals surface area contributed by atoms with Crippen LogP contribution in [0.3, 0.4) is 0 Å². The highest BCUT2D eigenvalue weighted by Crippen LogP contribution is 2.30. The predicted molar refractivity (Wildman–Crippen MR) is 109 cm³/mol. The van der Waals surface area contributed by atoms with E-state index in [1.54, 1.807) is 31.0 Å². The average Bonchev–Trinajstić information content (AvgIpc) is 3.15. The number of fused-ring (bicyclic) bond motifs is 1. The van der Waals surface area contributed by atoms with Gasteiger partial charge in [0.1, 0.15) is 12.0 Å². The van der Waals surface area contributed by atoms with Gasteiger partial charge in [-0.3, -0.25) is 9.98 Å². The zero-order chi connectivity index (χ0) is 18.8. The number of morpholine rings is 1. The number of guanidine groups is 1. The molecule has 9 heteroatoms. The minimum absolute atomic E-state index is 0.110. The second-order valence-electron chi connectivity index (χ2n) is 6.50. The summed E-state index contributed by atoms with van der Waals surface area (Å²) < 4.78 is 5.50. The summed E-state index contributed by atoms with van der Waals surface area (Å²) in [5, 5.41) is 8.03. The quantitative estimate of drug-likeness (QED) is 0.829. The third-order valence-corrected chi connectivity index (χ3v) is 4.76. The van der Waals surface area contributed by atoms with Gasteiger partial charge in [-0.05, 0) is 23.3 Å². The highest BCUT2D eigenvalue weighted by atomic mass is 16.5. The number of hydrogen-bond acceptors (Lipinski definition) is 8. The Labute approximate surface area is 162 Å². The molecule has 0 radical (unpaired) electrons. The number of quaternary nitrogens is 1. The Hall–Kier alpha value is -3.43. The van der Waals surface area contributed by atoms with Crippen molar-refractivity contribution < 1.29 is 4.74 Å². The van der Waals surface area contributed by atoms with Gasteiger partial charge in [0.15, 0.2) is 11.9 Å². The van der Waals surface area contributed by atoms with E-state index in [4.69, 9.17) is 9.84 Å². The van der Waals surface area contributed by atoms with E-state index >= 15 is 0 Å². The molecule has 0 aliphatic carbocycles. The first kappa shape index (κ1) is 16.7. The maximum atomic E-state index is 5.39. The van der Waals surface area contributed by atoms with E-state index in [-0.39, 0.29) is 4.59 Å². The first-order valence-corrected chi connectivity index (χ1v) is 9.09. The molecule has 3 aliphatic heterocycles. The van der Waals surface area contributed by atoms with Crippen molar-refractivity contribution >= 4 is 35.2 Å². The molecule has 2 aromatic heterocycles. The van der Waals surface area contributed by atoms with E-state index in [1.165, 1.54) is 0 Å². The number of aromatic nitrogens is 2. The molecule has 1 saturated heterocycles. The van der Waals surface area contributed by atoms with Crippen molar-refractivity contribution in [3.8, 4) is 0 Å². The van der Waals surface area contributed by atoms with Gasteiger partial charge in [0, 0.05) is 25.4 Å². The van der Waals surface area contributed by atoms with Crippen LogP contribution in [0.1, 0.15) is 0 Å². The standard InChI is InChI=1S/C19H19N8O/c1-2-16(13-20-5-1)27-9-6-21-14-18(27)24-19(25-27)23-15-3-4-17(22-12-15)26-7-10-28-11-8-26/h1-6,9,12-14H,7-8,10-11H2,(H,23,25)/q+1. The molecule has 5 rings (SSSR count). The van der Waals surface area contributed by atoms with E-state index < -0.39 is 0 Å². The molecule has 0 saturated carbocycles. The fourth-order valence-electron chi connectivity index (χ4n) is 3.33. The molecule has 28 heavy (non-hydrogen) atoms. The number of nitrogens with zero attached hydrogens (tertiary/aromatic N) is 7.